The maximum Gasteiger partial charge on any atom is 0.224 e. The fourth-order valence-electron chi connectivity index (χ4n) is 1.76. The van der Waals surface area contributed by atoms with Gasteiger partial charge in [-0.3, -0.25) is 0 Å². The first-order valence-corrected chi connectivity index (χ1v) is 6.48. The number of hydrogen-bond donors (Lipinski definition) is 1. The summed E-state index contributed by atoms with van der Waals surface area (Å²) in [5.41, 5.74) is 6.82. The van der Waals surface area contributed by atoms with E-state index >= 15 is 0 Å². The fraction of sp³-hybridized carbons (Fsp3) is 0.333. The number of nitrogen functional groups attached to an aromatic ring is 1. The second-order valence-corrected chi connectivity index (χ2v) is 4.83. The lowest BCUT2D eigenvalue weighted by Gasteiger charge is -2.10. The third-order valence-corrected chi connectivity index (χ3v) is 2.69. The van der Waals surface area contributed by atoms with Gasteiger partial charge in [0, 0.05) is 19.1 Å². The molecule has 1 aromatic carbocycles. The topological polar surface area (TPSA) is 70.3 Å². The van der Waals surface area contributed by atoms with Crippen LogP contribution >= 0.6 is 0 Å². The Bertz CT molecular complexity index is 585. The van der Waals surface area contributed by atoms with Crippen molar-refractivity contribution in [2.24, 2.45) is 0 Å². The van der Waals surface area contributed by atoms with Crippen LogP contribution in [0.15, 0.2) is 30.3 Å². The van der Waals surface area contributed by atoms with Crippen LogP contribution in [0, 0.1) is 0 Å². The predicted molar refractivity (Wildman–Crippen MR) is 77.8 cm³/mol. The lowest BCUT2D eigenvalue weighted by molar-refractivity contribution is 0.184. The zero-order valence-corrected chi connectivity index (χ0v) is 12.0. The number of methoxy groups -OCH3 is 1. The van der Waals surface area contributed by atoms with Crippen molar-refractivity contribution in [3.05, 3.63) is 41.7 Å². The van der Waals surface area contributed by atoms with Gasteiger partial charge in [-0.05, 0) is 17.7 Å². The second kappa shape index (κ2) is 6.34. The van der Waals surface area contributed by atoms with Crippen LogP contribution in [-0.2, 0) is 11.3 Å². The number of nitrogens with zero attached hydrogens (tertiary/aromatic N) is 2. The van der Waals surface area contributed by atoms with Crippen LogP contribution in [0.3, 0.4) is 0 Å². The highest BCUT2D eigenvalue weighted by molar-refractivity contribution is 5.37. The Labute approximate surface area is 118 Å². The first-order valence-electron chi connectivity index (χ1n) is 6.48. The van der Waals surface area contributed by atoms with Crippen LogP contribution in [0.4, 0.5) is 5.82 Å². The van der Waals surface area contributed by atoms with Crippen LogP contribution in [-0.4, -0.2) is 17.1 Å². The van der Waals surface area contributed by atoms with E-state index < -0.39 is 0 Å². The molecule has 0 amide bonds. The molecule has 0 atom stereocenters. The minimum absolute atomic E-state index is 0.195. The molecule has 1 heterocycles. The molecule has 0 fully saturated rings. The molecule has 2 aromatic rings. The molecule has 5 nitrogen and oxygen atoms in total. The first-order chi connectivity index (χ1) is 9.58. The normalized spacial score (nSPS) is 10.8. The van der Waals surface area contributed by atoms with Crippen molar-refractivity contribution in [2.45, 2.75) is 26.4 Å². The van der Waals surface area contributed by atoms with E-state index in [1.165, 1.54) is 0 Å². The molecule has 5 heteroatoms. The van der Waals surface area contributed by atoms with E-state index in [4.69, 9.17) is 15.2 Å². The number of benzene rings is 1. The van der Waals surface area contributed by atoms with E-state index in [9.17, 15) is 0 Å². The van der Waals surface area contributed by atoms with Crippen LogP contribution in [0.5, 0.6) is 11.6 Å². The summed E-state index contributed by atoms with van der Waals surface area (Å²) in [6.07, 6.45) is 0. The Morgan fingerprint density at radius 2 is 2.00 bits per heavy atom. The molecular formula is C15H19N3O2. The van der Waals surface area contributed by atoms with Crippen LogP contribution in [0.25, 0.3) is 0 Å². The molecule has 0 aliphatic carbocycles. The second-order valence-electron chi connectivity index (χ2n) is 4.83. The molecule has 0 aliphatic heterocycles. The summed E-state index contributed by atoms with van der Waals surface area (Å²) in [5, 5.41) is 0. The van der Waals surface area contributed by atoms with Crippen molar-refractivity contribution in [3.63, 3.8) is 0 Å². The molecule has 0 unspecified atom stereocenters. The molecule has 0 saturated heterocycles. The number of aromatic nitrogens is 2. The predicted octanol–water partition coefficient (Wildman–Crippen LogP) is 3.12. The number of rotatable bonds is 5. The SMILES string of the molecule is COCc1cccc(Oc2cc(N)nc(C(C)C)n2)c1. The monoisotopic (exact) mass is 273 g/mol. The molecule has 2 N–H and O–H groups in total. The zero-order valence-electron chi connectivity index (χ0n) is 12.0. The van der Waals surface area contributed by atoms with Crippen molar-refractivity contribution < 1.29 is 9.47 Å². The van der Waals surface area contributed by atoms with E-state index in [1.807, 2.05) is 38.1 Å². The van der Waals surface area contributed by atoms with Gasteiger partial charge in [0.25, 0.3) is 0 Å². The molecule has 0 radical (unpaired) electrons. The average molecular weight is 273 g/mol. The molecule has 106 valence electrons. The van der Waals surface area contributed by atoms with Gasteiger partial charge in [-0.2, -0.15) is 4.98 Å². The first kappa shape index (κ1) is 14.3. The number of anilines is 1. The third-order valence-electron chi connectivity index (χ3n) is 2.69. The highest BCUT2D eigenvalue weighted by atomic mass is 16.5. The Kier molecular flexibility index (Phi) is 4.53. The maximum absolute atomic E-state index is 5.78. The van der Waals surface area contributed by atoms with Gasteiger partial charge in [-0.25, -0.2) is 4.98 Å². The van der Waals surface area contributed by atoms with Crippen molar-refractivity contribution >= 4 is 5.82 Å². The van der Waals surface area contributed by atoms with Gasteiger partial charge in [-0.1, -0.05) is 26.0 Å². The summed E-state index contributed by atoms with van der Waals surface area (Å²) in [6, 6.07) is 9.29. The highest BCUT2D eigenvalue weighted by Gasteiger charge is 2.08. The van der Waals surface area contributed by atoms with Crippen LogP contribution in [0.2, 0.25) is 0 Å². The Hall–Kier alpha value is -2.14. The van der Waals surface area contributed by atoms with Gasteiger partial charge in [0.1, 0.15) is 17.4 Å². The molecule has 1 aromatic heterocycles. The lowest BCUT2D eigenvalue weighted by atomic mass is 10.2. The molecule has 0 spiro atoms. The molecule has 0 saturated carbocycles. The fourth-order valence-corrected chi connectivity index (χ4v) is 1.76. The van der Waals surface area contributed by atoms with E-state index in [0.717, 1.165) is 5.56 Å². The largest absolute Gasteiger partial charge is 0.439 e. The lowest BCUT2D eigenvalue weighted by Crippen LogP contribution is -2.03. The maximum atomic E-state index is 5.78. The van der Waals surface area contributed by atoms with Crippen molar-refractivity contribution in [1.82, 2.24) is 9.97 Å². The van der Waals surface area contributed by atoms with Crippen LogP contribution in [0.1, 0.15) is 31.2 Å². The quantitative estimate of drug-likeness (QED) is 0.906. The number of ether oxygens (including phenoxy) is 2. The summed E-state index contributed by atoms with van der Waals surface area (Å²) in [5.74, 6) is 2.43. The Morgan fingerprint density at radius 3 is 2.70 bits per heavy atom. The van der Waals surface area contributed by atoms with Gasteiger partial charge in [0.15, 0.2) is 0 Å². The van der Waals surface area contributed by atoms with Crippen molar-refractivity contribution in [3.8, 4) is 11.6 Å². The van der Waals surface area contributed by atoms with E-state index in [1.54, 1.807) is 13.2 Å². The molecular weight excluding hydrogens is 254 g/mol. The highest BCUT2D eigenvalue weighted by Crippen LogP contribution is 2.23. The Balaban J connectivity index is 2.23. The number of hydrogen-bond acceptors (Lipinski definition) is 5. The van der Waals surface area contributed by atoms with Gasteiger partial charge >= 0.3 is 0 Å². The Morgan fingerprint density at radius 1 is 1.20 bits per heavy atom. The van der Waals surface area contributed by atoms with Gasteiger partial charge in [0.2, 0.25) is 5.88 Å². The summed E-state index contributed by atoms with van der Waals surface area (Å²) in [4.78, 5) is 8.55. The zero-order chi connectivity index (χ0) is 14.5. The summed E-state index contributed by atoms with van der Waals surface area (Å²) >= 11 is 0. The average Bonchev–Trinajstić information content (AvgIpc) is 2.38. The minimum atomic E-state index is 0.195. The number of nitrogens with two attached hydrogens (primary N) is 1. The summed E-state index contributed by atoms with van der Waals surface area (Å²) in [6.45, 7) is 4.57. The van der Waals surface area contributed by atoms with Gasteiger partial charge in [-0.15, -0.1) is 0 Å². The standard InChI is InChI=1S/C15H19N3O2/c1-10(2)15-17-13(16)8-14(18-15)20-12-6-4-5-11(7-12)9-19-3/h4-8,10H,9H2,1-3H3,(H2,16,17,18). The van der Waals surface area contributed by atoms with Gasteiger partial charge in [0.05, 0.1) is 6.61 Å². The molecule has 2 rings (SSSR count). The minimum Gasteiger partial charge on any atom is -0.439 e. The van der Waals surface area contributed by atoms with Crippen LogP contribution < -0.4 is 10.5 Å². The molecule has 0 aliphatic rings. The van der Waals surface area contributed by atoms with E-state index in [2.05, 4.69) is 9.97 Å². The van der Waals surface area contributed by atoms with E-state index in [-0.39, 0.29) is 5.92 Å². The third kappa shape index (κ3) is 3.68. The van der Waals surface area contributed by atoms with E-state index in [0.29, 0.717) is 29.9 Å². The van der Waals surface area contributed by atoms with Crippen molar-refractivity contribution in [2.75, 3.05) is 12.8 Å². The molecule has 20 heavy (non-hydrogen) atoms. The van der Waals surface area contributed by atoms with Crippen molar-refractivity contribution in [1.29, 1.82) is 0 Å². The summed E-state index contributed by atoms with van der Waals surface area (Å²) < 4.78 is 10.9. The smallest absolute Gasteiger partial charge is 0.224 e. The molecule has 0 bridgehead atoms. The summed E-state index contributed by atoms with van der Waals surface area (Å²) in [7, 11) is 1.66. The van der Waals surface area contributed by atoms with Gasteiger partial charge < -0.3 is 15.2 Å².